The average Bonchev–Trinajstić information content (AvgIpc) is 2.86. The lowest BCUT2D eigenvalue weighted by atomic mass is 9.91. The summed E-state index contributed by atoms with van der Waals surface area (Å²) in [5, 5.41) is 11.2. The van der Waals surface area contributed by atoms with E-state index in [1.165, 1.54) is 7.11 Å². The van der Waals surface area contributed by atoms with Gasteiger partial charge in [-0.15, -0.1) is 12.8 Å². The maximum Gasteiger partial charge on any atom is 0.307 e. The number of methoxy groups -OCH3 is 1. The molecule has 1 amide bonds. The first kappa shape index (κ1) is 26.9. The summed E-state index contributed by atoms with van der Waals surface area (Å²) in [5.41, 5.74) is 3.62. The molecule has 3 rings (SSSR count). The second kappa shape index (κ2) is 14.8. The summed E-state index contributed by atoms with van der Waals surface area (Å²) in [6.45, 7) is 3.75. The molecule has 2 atom stereocenters. The Bertz CT molecular complexity index is 1030. The number of pyridine rings is 1. The number of terminal acetylenes is 1. The van der Waals surface area contributed by atoms with Crippen molar-refractivity contribution >= 4 is 11.9 Å². The highest BCUT2D eigenvalue weighted by Crippen LogP contribution is 2.26. The van der Waals surface area contributed by atoms with Crippen LogP contribution in [0.3, 0.4) is 0 Å². The summed E-state index contributed by atoms with van der Waals surface area (Å²) in [4.78, 5) is 27.4. The van der Waals surface area contributed by atoms with Crippen LogP contribution in [0.1, 0.15) is 42.4 Å². The first-order chi connectivity index (χ1) is 15.9. The van der Waals surface area contributed by atoms with Crippen molar-refractivity contribution in [3.63, 3.8) is 0 Å². The van der Waals surface area contributed by atoms with Crippen molar-refractivity contribution in [3.8, 4) is 18.9 Å². The lowest BCUT2D eigenvalue weighted by Crippen LogP contribution is -2.35. The third kappa shape index (κ3) is 9.67. The molecule has 0 aliphatic heterocycles. The molecule has 2 aromatic rings. The molecule has 0 radical (unpaired) electrons. The highest BCUT2D eigenvalue weighted by molar-refractivity contribution is 5.96. The SMILES string of the molecule is C#C.COC(=O)C[C@@H](C)NC(=O)C1=CCC(c2cccnc2)C=C1.Cc1cccc(C#N)c1. The molecular weight excluding hydrogens is 414 g/mol. The number of benzene rings is 1. The van der Waals surface area contributed by atoms with Crippen molar-refractivity contribution in [2.45, 2.75) is 38.6 Å². The van der Waals surface area contributed by atoms with Crippen molar-refractivity contribution in [2.75, 3.05) is 7.11 Å². The second-order valence-corrected chi connectivity index (χ2v) is 7.28. The number of nitriles is 1. The van der Waals surface area contributed by atoms with Crippen molar-refractivity contribution in [3.05, 3.63) is 89.3 Å². The van der Waals surface area contributed by atoms with E-state index in [-0.39, 0.29) is 30.3 Å². The lowest BCUT2D eigenvalue weighted by Gasteiger charge is -2.18. The van der Waals surface area contributed by atoms with Crippen LogP contribution < -0.4 is 5.32 Å². The Hall–Kier alpha value is -4.16. The third-order valence-electron chi connectivity index (χ3n) is 4.70. The summed E-state index contributed by atoms with van der Waals surface area (Å²) >= 11 is 0. The predicted octanol–water partition coefficient (Wildman–Crippen LogP) is 4.24. The van der Waals surface area contributed by atoms with Crippen LogP contribution in [0.4, 0.5) is 0 Å². The first-order valence-electron chi connectivity index (χ1n) is 10.4. The molecule has 0 bridgehead atoms. The number of nitrogens with one attached hydrogen (secondary N) is 1. The number of amides is 1. The van der Waals surface area contributed by atoms with E-state index in [0.717, 1.165) is 23.1 Å². The Kier molecular flexibility index (Phi) is 12.0. The van der Waals surface area contributed by atoms with Gasteiger partial charge in [-0.2, -0.15) is 5.26 Å². The number of hydrogen-bond acceptors (Lipinski definition) is 5. The van der Waals surface area contributed by atoms with E-state index in [0.29, 0.717) is 5.57 Å². The normalized spacial score (nSPS) is 14.5. The van der Waals surface area contributed by atoms with Crippen LogP contribution in [0.15, 0.2) is 72.6 Å². The van der Waals surface area contributed by atoms with Crippen LogP contribution in [0.5, 0.6) is 0 Å². The summed E-state index contributed by atoms with van der Waals surface area (Å²) in [7, 11) is 1.34. The fraction of sp³-hybridized carbons (Fsp3) is 0.259. The summed E-state index contributed by atoms with van der Waals surface area (Å²) in [5.74, 6) is -0.257. The Morgan fingerprint density at radius 1 is 1.30 bits per heavy atom. The summed E-state index contributed by atoms with van der Waals surface area (Å²) in [6.07, 6.45) is 18.3. The zero-order valence-corrected chi connectivity index (χ0v) is 19.2. The van der Waals surface area contributed by atoms with Gasteiger partial charge >= 0.3 is 5.97 Å². The zero-order chi connectivity index (χ0) is 24.6. The minimum atomic E-state index is -0.336. The Labute approximate surface area is 196 Å². The maximum atomic E-state index is 12.1. The molecule has 33 heavy (non-hydrogen) atoms. The van der Waals surface area contributed by atoms with E-state index < -0.39 is 0 Å². The van der Waals surface area contributed by atoms with Crippen molar-refractivity contribution < 1.29 is 14.3 Å². The molecule has 1 aliphatic carbocycles. The minimum Gasteiger partial charge on any atom is -0.469 e. The summed E-state index contributed by atoms with van der Waals surface area (Å²) in [6, 6.07) is 13.3. The molecule has 0 fully saturated rings. The Morgan fingerprint density at radius 3 is 2.58 bits per heavy atom. The molecule has 0 saturated heterocycles. The fourth-order valence-corrected chi connectivity index (χ4v) is 3.04. The minimum absolute atomic E-state index is 0.164. The molecule has 6 heteroatoms. The van der Waals surface area contributed by atoms with Crippen LogP contribution in [0, 0.1) is 31.1 Å². The number of rotatable bonds is 5. The zero-order valence-electron chi connectivity index (χ0n) is 19.2. The average molecular weight is 444 g/mol. The highest BCUT2D eigenvalue weighted by Gasteiger charge is 2.17. The Balaban J connectivity index is 0.000000412. The molecule has 1 aromatic carbocycles. The lowest BCUT2D eigenvalue weighted by molar-refractivity contribution is -0.141. The fourth-order valence-electron chi connectivity index (χ4n) is 3.04. The van der Waals surface area contributed by atoms with E-state index >= 15 is 0 Å². The third-order valence-corrected chi connectivity index (χ3v) is 4.70. The van der Waals surface area contributed by atoms with Crippen LogP contribution in [0.25, 0.3) is 0 Å². The van der Waals surface area contributed by atoms with Gasteiger partial charge in [-0.25, -0.2) is 0 Å². The molecule has 170 valence electrons. The maximum absolute atomic E-state index is 12.1. The van der Waals surface area contributed by atoms with Gasteiger partial charge in [0, 0.05) is 29.9 Å². The quantitative estimate of drug-likeness (QED) is 0.551. The summed E-state index contributed by atoms with van der Waals surface area (Å²) < 4.78 is 4.59. The van der Waals surface area contributed by atoms with Gasteiger partial charge in [0.05, 0.1) is 25.2 Å². The monoisotopic (exact) mass is 443 g/mol. The van der Waals surface area contributed by atoms with Gasteiger partial charge in [0.1, 0.15) is 0 Å². The van der Waals surface area contributed by atoms with Crippen LogP contribution in [-0.2, 0) is 14.3 Å². The number of allylic oxidation sites excluding steroid dienone is 2. The molecule has 0 saturated carbocycles. The smallest absolute Gasteiger partial charge is 0.307 e. The molecular formula is C27H29N3O3. The number of carbonyl (C=O) groups excluding carboxylic acids is 2. The molecule has 1 N–H and O–H groups in total. The van der Waals surface area contributed by atoms with Crippen LogP contribution in [-0.4, -0.2) is 30.0 Å². The Morgan fingerprint density at radius 2 is 2.06 bits per heavy atom. The van der Waals surface area contributed by atoms with Gasteiger partial charge in [0.25, 0.3) is 5.91 Å². The van der Waals surface area contributed by atoms with Crippen LogP contribution >= 0.6 is 0 Å². The number of aromatic nitrogens is 1. The number of esters is 1. The van der Waals surface area contributed by atoms with Gasteiger partial charge < -0.3 is 10.1 Å². The molecule has 1 unspecified atom stereocenters. The molecule has 6 nitrogen and oxygen atoms in total. The number of carbonyl (C=O) groups is 2. The largest absolute Gasteiger partial charge is 0.469 e. The molecule has 1 aliphatic rings. The van der Waals surface area contributed by atoms with Gasteiger partial charge in [-0.3, -0.25) is 14.6 Å². The topological polar surface area (TPSA) is 92.1 Å². The number of hydrogen-bond donors (Lipinski definition) is 1. The van der Waals surface area contributed by atoms with Crippen molar-refractivity contribution in [2.24, 2.45) is 0 Å². The van der Waals surface area contributed by atoms with Crippen LogP contribution in [0.2, 0.25) is 0 Å². The second-order valence-electron chi connectivity index (χ2n) is 7.28. The van der Waals surface area contributed by atoms with Crippen molar-refractivity contribution in [1.29, 1.82) is 5.26 Å². The number of nitrogens with zero attached hydrogens (tertiary/aromatic N) is 2. The van der Waals surface area contributed by atoms with E-state index in [2.05, 4.69) is 34.0 Å². The molecule has 1 aromatic heterocycles. The van der Waals surface area contributed by atoms with Gasteiger partial charge in [-0.05, 0) is 49.6 Å². The van der Waals surface area contributed by atoms with Gasteiger partial charge in [0.2, 0.25) is 0 Å². The predicted molar refractivity (Wildman–Crippen MR) is 129 cm³/mol. The van der Waals surface area contributed by atoms with E-state index in [9.17, 15) is 9.59 Å². The highest BCUT2D eigenvalue weighted by atomic mass is 16.5. The van der Waals surface area contributed by atoms with E-state index in [1.54, 1.807) is 19.2 Å². The first-order valence-corrected chi connectivity index (χ1v) is 10.4. The number of ether oxygens (including phenoxy) is 1. The molecule has 0 spiro atoms. The standard InChI is InChI=1S/C17H20N2O3.C8H7N.C2H2/c1-12(10-16(20)22-2)19-17(21)14-7-5-13(6-8-14)15-4-3-9-18-11-15;1-7-3-2-4-8(5-7)6-9;1-2/h3-5,7-9,11-13H,6,10H2,1-2H3,(H,19,21);2-5H,1H3;1-2H/t12-,13?;;/m1../s1. The van der Waals surface area contributed by atoms with Gasteiger partial charge in [0.15, 0.2) is 0 Å². The number of aryl methyl sites for hydroxylation is 1. The van der Waals surface area contributed by atoms with E-state index in [4.69, 9.17) is 5.26 Å². The van der Waals surface area contributed by atoms with Gasteiger partial charge in [-0.1, -0.05) is 36.4 Å². The van der Waals surface area contributed by atoms with Crippen molar-refractivity contribution in [1.82, 2.24) is 10.3 Å². The van der Waals surface area contributed by atoms with E-state index in [1.807, 2.05) is 61.7 Å². The molecule has 1 heterocycles.